The summed E-state index contributed by atoms with van der Waals surface area (Å²) in [5.74, 6) is 0. The zero-order valence-electron chi connectivity index (χ0n) is 9.66. The van der Waals surface area contributed by atoms with Gasteiger partial charge in [-0.15, -0.1) is 0 Å². The molecule has 1 aromatic heterocycles. The van der Waals surface area contributed by atoms with Crippen LogP contribution < -0.4 is 5.73 Å². The molecule has 0 bridgehead atoms. The summed E-state index contributed by atoms with van der Waals surface area (Å²) in [4.78, 5) is 0. The number of aryl methyl sites for hydroxylation is 1. The molecule has 0 saturated carbocycles. The Morgan fingerprint density at radius 2 is 1.94 bits per heavy atom. The van der Waals surface area contributed by atoms with Crippen LogP contribution in [0.1, 0.15) is 28.3 Å². The number of hydrogen-bond acceptors (Lipinski definition) is 2. The van der Waals surface area contributed by atoms with Crippen LogP contribution in [0.2, 0.25) is 0 Å². The highest BCUT2D eigenvalue weighted by Crippen LogP contribution is 2.32. The van der Waals surface area contributed by atoms with Gasteiger partial charge in [-0.25, -0.2) is 0 Å². The fourth-order valence-electron chi connectivity index (χ4n) is 1.83. The lowest BCUT2D eigenvalue weighted by atomic mass is 9.96. The molecule has 0 amide bonds. The van der Waals surface area contributed by atoms with E-state index in [1.807, 2.05) is 0 Å². The first kappa shape index (κ1) is 12.7. The molecule has 1 unspecified atom stereocenters. The van der Waals surface area contributed by atoms with Crippen molar-refractivity contribution in [2.24, 2.45) is 5.73 Å². The van der Waals surface area contributed by atoms with Crippen LogP contribution in [-0.2, 0) is 6.18 Å². The van der Waals surface area contributed by atoms with Gasteiger partial charge < -0.3 is 10.2 Å². The lowest BCUT2D eigenvalue weighted by molar-refractivity contribution is -0.137. The Morgan fingerprint density at radius 1 is 1.22 bits per heavy atom. The summed E-state index contributed by atoms with van der Waals surface area (Å²) in [6.45, 7) is 1.62. The van der Waals surface area contributed by atoms with Crippen molar-refractivity contribution >= 4 is 0 Å². The van der Waals surface area contributed by atoms with E-state index in [0.717, 1.165) is 17.7 Å². The Hall–Kier alpha value is -1.75. The second kappa shape index (κ2) is 4.49. The molecular formula is C13H12F3NO. The van der Waals surface area contributed by atoms with Gasteiger partial charge in [0.05, 0.1) is 24.1 Å². The summed E-state index contributed by atoms with van der Waals surface area (Å²) < 4.78 is 42.5. The van der Waals surface area contributed by atoms with Crippen LogP contribution in [0.15, 0.2) is 41.2 Å². The van der Waals surface area contributed by atoms with E-state index in [1.165, 1.54) is 18.6 Å². The molecule has 0 fully saturated rings. The number of furan rings is 1. The molecule has 96 valence electrons. The highest BCUT2D eigenvalue weighted by Gasteiger charge is 2.31. The van der Waals surface area contributed by atoms with Gasteiger partial charge in [-0.1, -0.05) is 6.07 Å². The molecule has 2 rings (SSSR count). The zero-order chi connectivity index (χ0) is 13.3. The minimum absolute atomic E-state index is 0.481. The molecule has 0 spiro atoms. The van der Waals surface area contributed by atoms with Crippen LogP contribution in [0.4, 0.5) is 13.2 Å². The van der Waals surface area contributed by atoms with Gasteiger partial charge in [-0.3, -0.25) is 0 Å². The Morgan fingerprint density at radius 3 is 2.44 bits per heavy atom. The third-order valence-electron chi connectivity index (χ3n) is 2.83. The van der Waals surface area contributed by atoms with Crippen molar-refractivity contribution in [3.63, 3.8) is 0 Å². The number of alkyl halides is 3. The van der Waals surface area contributed by atoms with Crippen LogP contribution in [-0.4, -0.2) is 0 Å². The highest BCUT2D eigenvalue weighted by molar-refractivity contribution is 5.38. The van der Waals surface area contributed by atoms with Crippen molar-refractivity contribution in [2.45, 2.75) is 19.1 Å². The summed E-state index contributed by atoms with van der Waals surface area (Å²) in [6.07, 6.45) is -1.36. The van der Waals surface area contributed by atoms with Gasteiger partial charge in [0.25, 0.3) is 0 Å². The Bertz CT molecular complexity index is 532. The third kappa shape index (κ3) is 2.41. The number of rotatable bonds is 2. The van der Waals surface area contributed by atoms with E-state index in [0.29, 0.717) is 11.1 Å². The highest BCUT2D eigenvalue weighted by atomic mass is 19.4. The van der Waals surface area contributed by atoms with Crippen molar-refractivity contribution in [2.75, 3.05) is 0 Å². The Balaban J connectivity index is 2.36. The predicted molar refractivity (Wildman–Crippen MR) is 60.9 cm³/mol. The first-order chi connectivity index (χ1) is 8.39. The smallest absolute Gasteiger partial charge is 0.416 e. The van der Waals surface area contributed by atoms with Crippen molar-refractivity contribution in [3.8, 4) is 0 Å². The maximum absolute atomic E-state index is 12.5. The van der Waals surface area contributed by atoms with Gasteiger partial charge in [0.15, 0.2) is 0 Å². The van der Waals surface area contributed by atoms with E-state index in [2.05, 4.69) is 0 Å². The zero-order valence-corrected chi connectivity index (χ0v) is 9.66. The van der Waals surface area contributed by atoms with E-state index in [4.69, 9.17) is 10.2 Å². The molecular weight excluding hydrogens is 243 g/mol. The standard InChI is InChI=1S/C13H12F3NO/c1-8-6-10(13(14,15)16)2-3-11(8)12(17)9-4-5-18-7-9/h2-7,12H,17H2,1H3. The van der Waals surface area contributed by atoms with Crippen molar-refractivity contribution in [3.05, 3.63) is 59.0 Å². The van der Waals surface area contributed by atoms with Crippen LogP contribution in [0, 0.1) is 6.92 Å². The van der Waals surface area contributed by atoms with Crippen LogP contribution in [0.5, 0.6) is 0 Å². The average Bonchev–Trinajstić information content (AvgIpc) is 2.80. The molecule has 0 aliphatic carbocycles. The van der Waals surface area contributed by atoms with Gasteiger partial charge in [0.1, 0.15) is 0 Å². The molecule has 1 heterocycles. The van der Waals surface area contributed by atoms with Gasteiger partial charge in [-0.2, -0.15) is 13.2 Å². The molecule has 0 aliphatic heterocycles. The van der Waals surface area contributed by atoms with E-state index in [-0.39, 0.29) is 0 Å². The lowest BCUT2D eigenvalue weighted by Gasteiger charge is -2.15. The topological polar surface area (TPSA) is 39.2 Å². The molecule has 1 atom stereocenters. The number of benzene rings is 1. The summed E-state index contributed by atoms with van der Waals surface area (Å²) in [6, 6.07) is 4.78. The maximum Gasteiger partial charge on any atom is 0.416 e. The SMILES string of the molecule is Cc1cc(C(F)(F)F)ccc1C(N)c1ccoc1. The Labute approximate surface area is 102 Å². The predicted octanol–water partition coefficient (Wildman–Crippen LogP) is 3.65. The molecule has 0 aliphatic rings. The van der Waals surface area contributed by atoms with E-state index >= 15 is 0 Å². The van der Waals surface area contributed by atoms with Crippen molar-refractivity contribution < 1.29 is 17.6 Å². The first-order valence-corrected chi connectivity index (χ1v) is 5.35. The number of halogens is 3. The second-order valence-corrected chi connectivity index (χ2v) is 4.10. The normalized spacial score (nSPS) is 13.6. The molecule has 2 N–H and O–H groups in total. The second-order valence-electron chi connectivity index (χ2n) is 4.10. The van der Waals surface area contributed by atoms with Crippen LogP contribution in [0.3, 0.4) is 0 Å². The minimum Gasteiger partial charge on any atom is -0.472 e. The van der Waals surface area contributed by atoms with E-state index in [1.54, 1.807) is 13.0 Å². The number of hydrogen-bond donors (Lipinski definition) is 1. The lowest BCUT2D eigenvalue weighted by Crippen LogP contribution is -2.14. The summed E-state index contributed by atoms with van der Waals surface area (Å²) >= 11 is 0. The van der Waals surface area contributed by atoms with Crippen molar-refractivity contribution in [1.29, 1.82) is 0 Å². The monoisotopic (exact) mass is 255 g/mol. The van der Waals surface area contributed by atoms with E-state index < -0.39 is 17.8 Å². The number of nitrogens with two attached hydrogens (primary N) is 1. The minimum atomic E-state index is -4.33. The molecule has 0 saturated heterocycles. The van der Waals surface area contributed by atoms with Gasteiger partial charge in [0, 0.05) is 5.56 Å². The van der Waals surface area contributed by atoms with Gasteiger partial charge >= 0.3 is 6.18 Å². The Kier molecular flexibility index (Phi) is 3.17. The van der Waals surface area contributed by atoms with Crippen LogP contribution in [0.25, 0.3) is 0 Å². The van der Waals surface area contributed by atoms with Crippen molar-refractivity contribution in [1.82, 2.24) is 0 Å². The molecule has 18 heavy (non-hydrogen) atoms. The van der Waals surface area contributed by atoms with E-state index in [9.17, 15) is 13.2 Å². The first-order valence-electron chi connectivity index (χ1n) is 5.35. The molecule has 2 nitrogen and oxygen atoms in total. The summed E-state index contributed by atoms with van der Waals surface area (Å²) in [5.41, 5.74) is 7.22. The fraction of sp³-hybridized carbons (Fsp3) is 0.231. The average molecular weight is 255 g/mol. The summed E-state index contributed by atoms with van der Waals surface area (Å²) in [7, 11) is 0. The quantitative estimate of drug-likeness (QED) is 0.889. The van der Waals surface area contributed by atoms with Gasteiger partial charge in [-0.05, 0) is 36.2 Å². The van der Waals surface area contributed by atoms with Crippen LogP contribution >= 0.6 is 0 Å². The maximum atomic E-state index is 12.5. The molecule has 0 radical (unpaired) electrons. The fourth-order valence-corrected chi connectivity index (χ4v) is 1.83. The third-order valence-corrected chi connectivity index (χ3v) is 2.83. The molecule has 5 heteroatoms. The largest absolute Gasteiger partial charge is 0.472 e. The molecule has 1 aromatic carbocycles. The summed E-state index contributed by atoms with van der Waals surface area (Å²) in [5, 5.41) is 0. The molecule has 2 aromatic rings. The van der Waals surface area contributed by atoms with Gasteiger partial charge in [0.2, 0.25) is 0 Å².